The molecule has 0 aliphatic carbocycles. The zero-order valence-corrected chi connectivity index (χ0v) is 9.10. The van der Waals surface area contributed by atoms with Crippen molar-refractivity contribution in [1.82, 2.24) is 9.97 Å². The van der Waals surface area contributed by atoms with Crippen LogP contribution in [0.5, 0.6) is 0 Å². The molecule has 1 atom stereocenters. The van der Waals surface area contributed by atoms with Gasteiger partial charge in [0.1, 0.15) is 11.7 Å². The molecule has 4 nitrogen and oxygen atoms in total. The van der Waals surface area contributed by atoms with Crippen molar-refractivity contribution in [3.05, 3.63) is 23.8 Å². The number of rotatable bonds is 5. The SMILES string of the molecule is CCCc1ccnc(C(CC)C(=O)O)n1. The van der Waals surface area contributed by atoms with Gasteiger partial charge in [0.2, 0.25) is 0 Å². The second-order valence-electron chi connectivity index (χ2n) is 3.46. The molecule has 1 N–H and O–H groups in total. The molecule has 4 heteroatoms. The van der Waals surface area contributed by atoms with E-state index in [1.807, 2.05) is 13.0 Å². The van der Waals surface area contributed by atoms with Crippen LogP contribution < -0.4 is 0 Å². The number of carboxylic acid groups (broad SMARTS) is 1. The minimum Gasteiger partial charge on any atom is -0.481 e. The molecule has 0 aliphatic heterocycles. The van der Waals surface area contributed by atoms with Gasteiger partial charge in [0.05, 0.1) is 0 Å². The van der Waals surface area contributed by atoms with Crippen molar-refractivity contribution in [3.8, 4) is 0 Å². The summed E-state index contributed by atoms with van der Waals surface area (Å²) in [5.41, 5.74) is 0.919. The Kier molecular flexibility index (Phi) is 4.21. The maximum absolute atomic E-state index is 10.9. The predicted octanol–water partition coefficient (Wildman–Crippen LogP) is 2.01. The minimum absolute atomic E-state index is 0.427. The molecular formula is C11H16N2O2. The number of aryl methyl sites for hydroxylation is 1. The van der Waals surface area contributed by atoms with Gasteiger partial charge in [0.25, 0.3) is 0 Å². The van der Waals surface area contributed by atoms with Gasteiger partial charge in [-0.3, -0.25) is 4.79 Å². The van der Waals surface area contributed by atoms with Crippen molar-refractivity contribution in [3.63, 3.8) is 0 Å². The van der Waals surface area contributed by atoms with E-state index >= 15 is 0 Å². The molecule has 15 heavy (non-hydrogen) atoms. The van der Waals surface area contributed by atoms with E-state index in [2.05, 4.69) is 16.9 Å². The Morgan fingerprint density at radius 1 is 1.53 bits per heavy atom. The second-order valence-corrected chi connectivity index (χ2v) is 3.46. The molecule has 1 heterocycles. The molecule has 0 aliphatic rings. The first-order valence-corrected chi connectivity index (χ1v) is 5.23. The smallest absolute Gasteiger partial charge is 0.314 e. The first-order valence-electron chi connectivity index (χ1n) is 5.23. The Balaban J connectivity index is 2.92. The summed E-state index contributed by atoms with van der Waals surface area (Å²) in [6.45, 7) is 3.89. The van der Waals surface area contributed by atoms with Crippen LogP contribution in [-0.4, -0.2) is 21.0 Å². The molecule has 1 unspecified atom stereocenters. The Morgan fingerprint density at radius 2 is 2.27 bits per heavy atom. The van der Waals surface area contributed by atoms with Crippen molar-refractivity contribution in [1.29, 1.82) is 0 Å². The van der Waals surface area contributed by atoms with Gasteiger partial charge in [-0.05, 0) is 18.9 Å². The zero-order chi connectivity index (χ0) is 11.3. The maximum atomic E-state index is 10.9. The third-order valence-electron chi connectivity index (χ3n) is 2.26. The molecule has 0 saturated carbocycles. The van der Waals surface area contributed by atoms with E-state index in [1.165, 1.54) is 0 Å². The highest BCUT2D eigenvalue weighted by atomic mass is 16.4. The summed E-state index contributed by atoms with van der Waals surface area (Å²) in [5.74, 6) is -1.01. The van der Waals surface area contributed by atoms with Crippen molar-refractivity contribution in [2.75, 3.05) is 0 Å². The lowest BCUT2D eigenvalue weighted by atomic mass is 10.1. The molecule has 0 aromatic carbocycles. The van der Waals surface area contributed by atoms with E-state index in [9.17, 15) is 4.79 Å². The quantitative estimate of drug-likeness (QED) is 0.803. The van der Waals surface area contributed by atoms with E-state index in [-0.39, 0.29) is 0 Å². The third kappa shape index (κ3) is 3.01. The third-order valence-corrected chi connectivity index (χ3v) is 2.26. The zero-order valence-electron chi connectivity index (χ0n) is 9.10. The number of aromatic nitrogens is 2. The number of hydrogen-bond acceptors (Lipinski definition) is 3. The lowest BCUT2D eigenvalue weighted by Gasteiger charge is -2.08. The fraction of sp³-hybridized carbons (Fsp3) is 0.545. The summed E-state index contributed by atoms with van der Waals surface area (Å²) >= 11 is 0. The van der Waals surface area contributed by atoms with E-state index in [0.717, 1.165) is 18.5 Å². The van der Waals surface area contributed by atoms with Gasteiger partial charge in [-0.15, -0.1) is 0 Å². The predicted molar refractivity (Wildman–Crippen MR) is 56.7 cm³/mol. The number of carbonyl (C=O) groups is 1. The average Bonchev–Trinajstić information content (AvgIpc) is 2.19. The van der Waals surface area contributed by atoms with Gasteiger partial charge in [-0.1, -0.05) is 20.3 Å². The molecule has 1 aromatic heterocycles. The topological polar surface area (TPSA) is 63.1 Å². The van der Waals surface area contributed by atoms with Gasteiger partial charge in [0, 0.05) is 11.9 Å². The van der Waals surface area contributed by atoms with Crippen LogP contribution in [-0.2, 0) is 11.2 Å². The fourth-order valence-corrected chi connectivity index (χ4v) is 1.44. The van der Waals surface area contributed by atoms with Crippen molar-refractivity contribution >= 4 is 5.97 Å². The number of carboxylic acids is 1. The molecule has 1 aromatic rings. The second kappa shape index (κ2) is 5.44. The van der Waals surface area contributed by atoms with Crippen LogP contribution in [0, 0.1) is 0 Å². The van der Waals surface area contributed by atoms with Crippen molar-refractivity contribution in [2.24, 2.45) is 0 Å². The van der Waals surface area contributed by atoms with Crippen LogP contribution in [0.25, 0.3) is 0 Å². The fourth-order valence-electron chi connectivity index (χ4n) is 1.44. The summed E-state index contributed by atoms with van der Waals surface area (Å²) in [5, 5.41) is 8.97. The van der Waals surface area contributed by atoms with Crippen LogP contribution in [0.2, 0.25) is 0 Å². The Morgan fingerprint density at radius 3 is 2.80 bits per heavy atom. The molecular weight excluding hydrogens is 192 g/mol. The van der Waals surface area contributed by atoms with Gasteiger partial charge >= 0.3 is 5.97 Å². The highest BCUT2D eigenvalue weighted by molar-refractivity contribution is 5.74. The first kappa shape index (κ1) is 11.6. The summed E-state index contributed by atoms with van der Waals surface area (Å²) in [4.78, 5) is 19.2. The average molecular weight is 208 g/mol. The van der Waals surface area contributed by atoms with Gasteiger partial charge in [-0.2, -0.15) is 0 Å². The lowest BCUT2D eigenvalue weighted by molar-refractivity contribution is -0.139. The molecule has 1 rings (SSSR count). The highest BCUT2D eigenvalue weighted by Crippen LogP contribution is 2.15. The molecule has 0 radical (unpaired) electrons. The number of hydrogen-bond donors (Lipinski definition) is 1. The molecule has 0 amide bonds. The summed E-state index contributed by atoms with van der Waals surface area (Å²) in [6.07, 6.45) is 4.02. The Bertz CT molecular complexity index is 339. The van der Waals surface area contributed by atoms with Gasteiger partial charge < -0.3 is 5.11 Å². The largest absolute Gasteiger partial charge is 0.481 e. The minimum atomic E-state index is -0.855. The van der Waals surface area contributed by atoms with Crippen LogP contribution in [0.4, 0.5) is 0 Å². The molecule has 0 saturated heterocycles. The van der Waals surface area contributed by atoms with Gasteiger partial charge in [-0.25, -0.2) is 9.97 Å². The standard InChI is InChI=1S/C11H16N2O2/c1-3-5-8-6-7-12-10(13-8)9(4-2)11(14)15/h6-7,9H,3-5H2,1-2H3,(H,14,15). The van der Waals surface area contributed by atoms with Gasteiger partial charge in [0.15, 0.2) is 0 Å². The van der Waals surface area contributed by atoms with Crippen molar-refractivity contribution in [2.45, 2.75) is 39.0 Å². The van der Waals surface area contributed by atoms with Crippen LogP contribution in [0.1, 0.15) is 44.1 Å². The van der Waals surface area contributed by atoms with Crippen molar-refractivity contribution < 1.29 is 9.90 Å². The first-order chi connectivity index (χ1) is 7.19. The molecule has 82 valence electrons. The maximum Gasteiger partial charge on any atom is 0.314 e. The molecule has 0 spiro atoms. The van der Waals surface area contributed by atoms with E-state index in [4.69, 9.17) is 5.11 Å². The Labute approximate surface area is 89.4 Å². The van der Waals surface area contributed by atoms with E-state index in [1.54, 1.807) is 6.20 Å². The Hall–Kier alpha value is -1.45. The summed E-state index contributed by atoms with van der Waals surface area (Å²) in [7, 11) is 0. The number of aliphatic carboxylic acids is 1. The monoisotopic (exact) mass is 208 g/mol. The lowest BCUT2D eigenvalue weighted by Crippen LogP contribution is -2.14. The van der Waals surface area contributed by atoms with Crippen LogP contribution in [0.15, 0.2) is 12.3 Å². The van der Waals surface area contributed by atoms with Crippen LogP contribution >= 0.6 is 0 Å². The van der Waals surface area contributed by atoms with E-state index in [0.29, 0.717) is 12.2 Å². The summed E-state index contributed by atoms with van der Waals surface area (Å²) in [6, 6.07) is 1.83. The number of nitrogens with zero attached hydrogens (tertiary/aromatic N) is 2. The highest BCUT2D eigenvalue weighted by Gasteiger charge is 2.20. The molecule has 0 bridgehead atoms. The van der Waals surface area contributed by atoms with Crippen LogP contribution in [0.3, 0.4) is 0 Å². The molecule has 0 fully saturated rings. The normalized spacial score (nSPS) is 12.4. The van der Waals surface area contributed by atoms with E-state index < -0.39 is 11.9 Å². The summed E-state index contributed by atoms with van der Waals surface area (Å²) < 4.78 is 0.